The molecule has 0 spiro atoms. The highest BCUT2D eigenvalue weighted by atomic mass is 32.2. The van der Waals surface area contributed by atoms with Gasteiger partial charge >= 0.3 is 0 Å². The molecule has 3 heterocycles. The summed E-state index contributed by atoms with van der Waals surface area (Å²) in [6.07, 6.45) is 3.16. The quantitative estimate of drug-likeness (QED) is 0.582. The molecule has 34 heavy (non-hydrogen) atoms. The number of carbonyl (C=O) groups excluding carboxylic acids is 1. The van der Waals surface area contributed by atoms with Gasteiger partial charge in [0.2, 0.25) is 15.9 Å². The van der Waals surface area contributed by atoms with E-state index in [4.69, 9.17) is 9.97 Å². The maximum Gasteiger partial charge on any atom is 0.228 e. The SMILES string of the molecule is O=C(Nc1nc2ccccc2nc1N1CCCC1)C1CCN(S(=O)(=O)Cc2ccccc2)CC1. The molecule has 178 valence electrons. The van der Waals surface area contributed by atoms with E-state index in [2.05, 4.69) is 10.2 Å². The summed E-state index contributed by atoms with van der Waals surface area (Å²) < 4.78 is 27.2. The Morgan fingerprint density at radius 3 is 2.18 bits per heavy atom. The number of hydrogen-bond acceptors (Lipinski definition) is 6. The molecule has 0 aliphatic carbocycles. The second-order valence-corrected chi connectivity index (χ2v) is 11.0. The van der Waals surface area contributed by atoms with E-state index < -0.39 is 10.0 Å². The minimum Gasteiger partial charge on any atom is -0.354 e. The Morgan fingerprint density at radius 1 is 0.882 bits per heavy atom. The van der Waals surface area contributed by atoms with Crippen LogP contribution in [0.2, 0.25) is 0 Å². The average molecular weight is 480 g/mol. The van der Waals surface area contributed by atoms with Crippen LogP contribution in [0.25, 0.3) is 11.0 Å². The first-order valence-corrected chi connectivity index (χ1v) is 13.4. The summed E-state index contributed by atoms with van der Waals surface area (Å²) in [5.74, 6) is 0.807. The molecule has 3 aromatic rings. The van der Waals surface area contributed by atoms with E-state index in [-0.39, 0.29) is 17.6 Å². The van der Waals surface area contributed by atoms with Crippen LogP contribution in [0.3, 0.4) is 0 Å². The zero-order valence-electron chi connectivity index (χ0n) is 19.1. The molecule has 0 saturated carbocycles. The number of piperidine rings is 1. The van der Waals surface area contributed by atoms with Gasteiger partial charge in [-0.25, -0.2) is 22.7 Å². The van der Waals surface area contributed by atoms with Gasteiger partial charge in [0.15, 0.2) is 11.6 Å². The molecule has 8 nitrogen and oxygen atoms in total. The summed E-state index contributed by atoms with van der Waals surface area (Å²) >= 11 is 0. The lowest BCUT2D eigenvalue weighted by molar-refractivity contribution is -0.120. The molecule has 0 unspecified atom stereocenters. The Kier molecular flexibility index (Phi) is 6.47. The van der Waals surface area contributed by atoms with Gasteiger partial charge in [-0.1, -0.05) is 42.5 Å². The van der Waals surface area contributed by atoms with E-state index >= 15 is 0 Å². The van der Waals surface area contributed by atoms with Crippen molar-refractivity contribution in [2.24, 2.45) is 5.92 Å². The number of nitrogens with zero attached hydrogens (tertiary/aromatic N) is 4. The third kappa shape index (κ3) is 4.90. The minimum absolute atomic E-state index is 0.0173. The normalized spacial score (nSPS) is 17.8. The number of nitrogens with one attached hydrogen (secondary N) is 1. The Bertz CT molecular complexity index is 1270. The molecular weight excluding hydrogens is 450 g/mol. The fourth-order valence-electron chi connectivity index (χ4n) is 4.72. The van der Waals surface area contributed by atoms with Crippen molar-refractivity contribution < 1.29 is 13.2 Å². The topological polar surface area (TPSA) is 95.5 Å². The van der Waals surface area contributed by atoms with Crippen molar-refractivity contribution in [2.75, 3.05) is 36.4 Å². The first-order valence-electron chi connectivity index (χ1n) is 11.8. The number of aromatic nitrogens is 2. The van der Waals surface area contributed by atoms with Crippen molar-refractivity contribution in [1.82, 2.24) is 14.3 Å². The van der Waals surface area contributed by atoms with Gasteiger partial charge in [0.05, 0.1) is 16.8 Å². The van der Waals surface area contributed by atoms with Gasteiger partial charge in [-0.05, 0) is 43.4 Å². The molecule has 0 bridgehead atoms. The Labute approximate surface area is 200 Å². The lowest BCUT2D eigenvalue weighted by atomic mass is 9.97. The molecule has 1 amide bonds. The predicted octanol–water partition coefficient (Wildman–Crippen LogP) is 3.41. The molecule has 2 fully saturated rings. The maximum absolute atomic E-state index is 13.2. The molecule has 5 rings (SSSR count). The number of carbonyl (C=O) groups is 1. The van der Waals surface area contributed by atoms with Gasteiger partial charge in [-0.2, -0.15) is 0 Å². The number of rotatable bonds is 6. The molecule has 2 saturated heterocycles. The average Bonchev–Trinajstić information content (AvgIpc) is 3.39. The van der Waals surface area contributed by atoms with Crippen molar-refractivity contribution in [1.29, 1.82) is 0 Å². The van der Waals surface area contributed by atoms with Gasteiger partial charge < -0.3 is 10.2 Å². The van der Waals surface area contributed by atoms with Crippen LogP contribution in [-0.2, 0) is 20.6 Å². The Hall–Kier alpha value is -3.04. The Balaban J connectivity index is 1.27. The fraction of sp³-hybridized carbons (Fsp3) is 0.400. The number of anilines is 2. The van der Waals surface area contributed by atoms with Crippen LogP contribution in [0.5, 0.6) is 0 Å². The number of para-hydroxylation sites is 2. The second-order valence-electron chi connectivity index (χ2n) is 8.98. The van der Waals surface area contributed by atoms with E-state index in [1.54, 1.807) is 0 Å². The van der Waals surface area contributed by atoms with Crippen LogP contribution in [0.1, 0.15) is 31.2 Å². The van der Waals surface area contributed by atoms with Gasteiger partial charge in [-0.3, -0.25) is 4.79 Å². The van der Waals surface area contributed by atoms with Gasteiger partial charge in [0, 0.05) is 32.1 Å². The molecule has 2 aliphatic heterocycles. The van der Waals surface area contributed by atoms with Crippen molar-refractivity contribution in [2.45, 2.75) is 31.4 Å². The monoisotopic (exact) mass is 479 g/mol. The second kappa shape index (κ2) is 9.68. The van der Waals surface area contributed by atoms with Crippen LogP contribution >= 0.6 is 0 Å². The number of benzene rings is 2. The van der Waals surface area contributed by atoms with Gasteiger partial charge in [-0.15, -0.1) is 0 Å². The minimum atomic E-state index is -3.41. The number of hydrogen-bond donors (Lipinski definition) is 1. The first kappa shape index (κ1) is 22.7. The van der Waals surface area contributed by atoms with Crippen LogP contribution in [0.4, 0.5) is 11.6 Å². The first-order chi connectivity index (χ1) is 16.5. The molecule has 2 aromatic carbocycles. The maximum atomic E-state index is 13.2. The summed E-state index contributed by atoms with van der Waals surface area (Å²) in [6.45, 7) is 2.48. The summed E-state index contributed by atoms with van der Waals surface area (Å²) in [5, 5.41) is 3.02. The lowest BCUT2D eigenvalue weighted by Gasteiger charge is -2.30. The number of fused-ring (bicyclic) bond motifs is 1. The molecule has 9 heteroatoms. The van der Waals surface area contributed by atoms with E-state index in [9.17, 15) is 13.2 Å². The summed E-state index contributed by atoms with van der Waals surface area (Å²) in [4.78, 5) is 24.8. The molecular formula is C25H29N5O3S. The third-order valence-electron chi connectivity index (χ3n) is 6.61. The predicted molar refractivity (Wildman–Crippen MR) is 133 cm³/mol. The van der Waals surface area contributed by atoms with Crippen molar-refractivity contribution >= 4 is 38.6 Å². The fourth-order valence-corrected chi connectivity index (χ4v) is 6.28. The highest BCUT2D eigenvalue weighted by molar-refractivity contribution is 7.88. The third-order valence-corrected chi connectivity index (χ3v) is 8.46. The van der Waals surface area contributed by atoms with E-state index in [0.717, 1.165) is 42.5 Å². The van der Waals surface area contributed by atoms with Crippen molar-refractivity contribution in [3.8, 4) is 0 Å². The van der Waals surface area contributed by atoms with Crippen molar-refractivity contribution in [3.63, 3.8) is 0 Å². The molecule has 1 N–H and O–H groups in total. The van der Waals surface area contributed by atoms with Crippen LogP contribution < -0.4 is 10.2 Å². The van der Waals surface area contributed by atoms with Crippen molar-refractivity contribution in [3.05, 3.63) is 60.2 Å². The van der Waals surface area contributed by atoms with E-state index in [1.165, 1.54) is 4.31 Å². The van der Waals surface area contributed by atoms with Crippen LogP contribution in [0, 0.1) is 5.92 Å². The Morgan fingerprint density at radius 2 is 1.50 bits per heavy atom. The highest BCUT2D eigenvalue weighted by Gasteiger charge is 2.32. The summed E-state index contributed by atoms with van der Waals surface area (Å²) in [5.41, 5.74) is 2.31. The number of amides is 1. The largest absolute Gasteiger partial charge is 0.354 e. The molecule has 0 radical (unpaired) electrons. The van der Waals surface area contributed by atoms with Gasteiger partial charge in [0.1, 0.15) is 0 Å². The highest BCUT2D eigenvalue weighted by Crippen LogP contribution is 2.29. The van der Waals surface area contributed by atoms with Gasteiger partial charge in [0.25, 0.3) is 0 Å². The molecule has 2 aliphatic rings. The smallest absolute Gasteiger partial charge is 0.228 e. The zero-order valence-corrected chi connectivity index (χ0v) is 19.9. The zero-order chi connectivity index (χ0) is 23.5. The summed E-state index contributed by atoms with van der Waals surface area (Å²) in [7, 11) is -3.41. The van der Waals surface area contributed by atoms with Crippen LogP contribution in [0.15, 0.2) is 54.6 Å². The summed E-state index contributed by atoms with van der Waals surface area (Å²) in [6, 6.07) is 16.9. The molecule has 1 aromatic heterocycles. The standard InChI is InChI=1S/C25H29N5O3S/c31-25(20-12-16-30(17-13-20)34(32,33)18-19-8-2-1-3-9-19)28-23-24(29-14-6-7-15-29)27-22-11-5-4-10-21(22)26-23/h1-5,8-11,20H,6-7,12-18H2,(H,26,28,31). The molecule has 0 atom stereocenters. The number of sulfonamides is 1. The lowest BCUT2D eigenvalue weighted by Crippen LogP contribution is -2.42. The van der Waals surface area contributed by atoms with E-state index in [1.807, 2.05) is 54.6 Å². The van der Waals surface area contributed by atoms with Crippen LogP contribution in [-0.4, -0.2) is 54.8 Å². The van der Waals surface area contributed by atoms with E-state index in [0.29, 0.717) is 37.6 Å².